The minimum atomic E-state index is -0.615. The van der Waals surface area contributed by atoms with Crippen molar-refractivity contribution in [2.75, 3.05) is 5.75 Å². The van der Waals surface area contributed by atoms with Crippen LogP contribution in [0.3, 0.4) is 0 Å². The number of carbonyl (C=O) groups excluding carboxylic acids is 2. The Morgan fingerprint density at radius 3 is 2.43 bits per heavy atom. The second-order valence-corrected chi connectivity index (χ2v) is 9.06. The van der Waals surface area contributed by atoms with E-state index in [0.717, 1.165) is 23.3 Å². The summed E-state index contributed by atoms with van der Waals surface area (Å²) in [6, 6.07) is 14.6. The van der Waals surface area contributed by atoms with Crippen molar-refractivity contribution < 1.29 is 9.59 Å². The minimum Gasteiger partial charge on any atom is -0.352 e. The fraction of sp³-hybridized carbons (Fsp3) is 0.391. The number of amides is 2. The van der Waals surface area contributed by atoms with E-state index < -0.39 is 6.04 Å². The molecule has 0 spiro atoms. The Morgan fingerprint density at radius 2 is 1.80 bits per heavy atom. The Labute approximate surface area is 193 Å². The van der Waals surface area contributed by atoms with Gasteiger partial charge in [0.25, 0.3) is 0 Å². The van der Waals surface area contributed by atoms with E-state index in [2.05, 4.69) is 5.32 Å². The first-order chi connectivity index (χ1) is 14.3. The molecule has 0 aliphatic carbocycles. The van der Waals surface area contributed by atoms with E-state index in [1.165, 1.54) is 11.8 Å². The monoisotopic (exact) mass is 466 g/mol. The third kappa shape index (κ3) is 7.53. The standard InChI is InChI=1S/C23H28Cl2N2O2S/c1-4-16(2)26-23(29)17(3)27(13-19-10-11-20(24)12-21(19)25)22(28)15-30-14-18-8-6-5-7-9-18/h5-12,16-17H,4,13-15H2,1-3H3,(H,26,29)/t16-,17+/m0/s1. The van der Waals surface area contributed by atoms with Crippen LogP contribution in [0.4, 0.5) is 0 Å². The van der Waals surface area contributed by atoms with E-state index >= 15 is 0 Å². The van der Waals surface area contributed by atoms with Crippen LogP contribution < -0.4 is 5.32 Å². The van der Waals surface area contributed by atoms with Crippen molar-refractivity contribution in [2.45, 2.75) is 51.6 Å². The second kappa shape index (κ2) is 12.2. The normalized spacial score (nSPS) is 12.8. The first kappa shape index (κ1) is 24.6. The zero-order chi connectivity index (χ0) is 22.1. The molecule has 0 heterocycles. The third-order valence-electron chi connectivity index (χ3n) is 4.86. The number of thioether (sulfide) groups is 1. The number of hydrogen-bond donors (Lipinski definition) is 1. The molecule has 1 N–H and O–H groups in total. The van der Waals surface area contributed by atoms with Crippen LogP contribution in [0.2, 0.25) is 10.0 Å². The van der Waals surface area contributed by atoms with Gasteiger partial charge < -0.3 is 10.2 Å². The summed E-state index contributed by atoms with van der Waals surface area (Å²) in [5.74, 6) is 0.737. The molecule has 2 atom stereocenters. The SMILES string of the molecule is CC[C@H](C)NC(=O)[C@@H](C)N(Cc1ccc(Cl)cc1Cl)C(=O)CSCc1ccccc1. The van der Waals surface area contributed by atoms with Crippen molar-refractivity contribution in [3.63, 3.8) is 0 Å². The van der Waals surface area contributed by atoms with Gasteiger partial charge in [-0.25, -0.2) is 0 Å². The van der Waals surface area contributed by atoms with Crippen molar-refractivity contribution in [1.29, 1.82) is 0 Å². The summed E-state index contributed by atoms with van der Waals surface area (Å²) in [7, 11) is 0. The fourth-order valence-electron chi connectivity index (χ4n) is 2.79. The maximum atomic E-state index is 13.1. The lowest BCUT2D eigenvalue weighted by molar-refractivity contribution is -0.138. The number of halogens is 2. The lowest BCUT2D eigenvalue weighted by Crippen LogP contribution is -2.50. The summed E-state index contributed by atoms with van der Waals surface area (Å²) >= 11 is 13.9. The van der Waals surface area contributed by atoms with Gasteiger partial charge in [0.2, 0.25) is 11.8 Å². The topological polar surface area (TPSA) is 49.4 Å². The molecule has 2 rings (SSSR count). The maximum absolute atomic E-state index is 13.1. The number of hydrogen-bond acceptors (Lipinski definition) is 3. The van der Waals surface area contributed by atoms with Crippen molar-refractivity contribution in [3.8, 4) is 0 Å². The average molecular weight is 467 g/mol. The van der Waals surface area contributed by atoms with Crippen LogP contribution in [-0.4, -0.2) is 34.6 Å². The second-order valence-electron chi connectivity index (χ2n) is 7.23. The number of benzene rings is 2. The molecule has 7 heteroatoms. The molecule has 0 unspecified atom stereocenters. The molecule has 30 heavy (non-hydrogen) atoms. The van der Waals surface area contributed by atoms with E-state index in [1.807, 2.05) is 44.2 Å². The van der Waals surface area contributed by atoms with Gasteiger partial charge in [0.05, 0.1) is 5.75 Å². The van der Waals surface area contributed by atoms with Crippen LogP contribution in [0.5, 0.6) is 0 Å². The quantitative estimate of drug-likeness (QED) is 0.498. The molecule has 0 aromatic heterocycles. The average Bonchev–Trinajstić information content (AvgIpc) is 2.73. The molecule has 0 fully saturated rings. The van der Waals surface area contributed by atoms with Gasteiger partial charge in [-0.2, -0.15) is 0 Å². The zero-order valence-electron chi connectivity index (χ0n) is 17.5. The Bertz CT molecular complexity index is 848. The van der Waals surface area contributed by atoms with Crippen LogP contribution in [0.1, 0.15) is 38.3 Å². The van der Waals surface area contributed by atoms with E-state index in [-0.39, 0.29) is 30.2 Å². The van der Waals surface area contributed by atoms with E-state index in [4.69, 9.17) is 23.2 Å². The molecular formula is C23H28Cl2N2O2S. The minimum absolute atomic E-state index is 0.0449. The van der Waals surface area contributed by atoms with Crippen molar-refractivity contribution in [2.24, 2.45) is 0 Å². The molecule has 2 aromatic rings. The molecule has 162 valence electrons. The van der Waals surface area contributed by atoms with Crippen LogP contribution in [-0.2, 0) is 21.9 Å². The smallest absolute Gasteiger partial charge is 0.242 e. The molecule has 0 radical (unpaired) electrons. The van der Waals surface area contributed by atoms with E-state index in [9.17, 15) is 9.59 Å². The highest BCUT2D eigenvalue weighted by atomic mass is 35.5. The highest BCUT2D eigenvalue weighted by Gasteiger charge is 2.27. The zero-order valence-corrected chi connectivity index (χ0v) is 19.9. The van der Waals surface area contributed by atoms with Crippen LogP contribution in [0.15, 0.2) is 48.5 Å². The van der Waals surface area contributed by atoms with Crippen molar-refractivity contribution >= 4 is 46.8 Å². The maximum Gasteiger partial charge on any atom is 0.242 e. The Balaban J connectivity index is 2.12. The summed E-state index contributed by atoms with van der Waals surface area (Å²) in [5, 5.41) is 3.97. The van der Waals surface area contributed by atoms with Gasteiger partial charge in [0.15, 0.2) is 0 Å². The molecule has 0 aliphatic rings. The number of carbonyl (C=O) groups is 2. The Morgan fingerprint density at radius 1 is 1.10 bits per heavy atom. The molecule has 0 saturated heterocycles. The van der Waals surface area contributed by atoms with E-state index in [0.29, 0.717) is 10.0 Å². The van der Waals surface area contributed by atoms with Gasteiger partial charge in [0.1, 0.15) is 6.04 Å². The lowest BCUT2D eigenvalue weighted by Gasteiger charge is -2.30. The number of rotatable bonds is 10. The van der Waals surface area contributed by atoms with Crippen LogP contribution in [0.25, 0.3) is 0 Å². The largest absolute Gasteiger partial charge is 0.352 e. The molecule has 2 amide bonds. The molecular weight excluding hydrogens is 439 g/mol. The summed E-state index contributed by atoms with van der Waals surface area (Å²) < 4.78 is 0. The van der Waals surface area contributed by atoms with Gasteiger partial charge in [-0.05, 0) is 43.5 Å². The first-order valence-electron chi connectivity index (χ1n) is 9.97. The van der Waals surface area contributed by atoms with Crippen LogP contribution >= 0.6 is 35.0 Å². The van der Waals surface area contributed by atoms with Gasteiger partial charge >= 0.3 is 0 Å². The Kier molecular flexibility index (Phi) is 10.0. The fourth-order valence-corrected chi connectivity index (χ4v) is 4.13. The van der Waals surface area contributed by atoms with E-state index in [1.54, 1.807) is 30.0 Å². The highest BCUT2D eigenvalue weighted by molar-refractivity contribution is 7.99. The van der Waals surface area contributed by atoms with Crippen molar-refractivity contribution in [3.05, 3.63) is 69.7 Å². The Hall–Kier alpha value is -1.69. The summed E-state index contributed by atoms with van der Waals surface area (Å²) in [5.41, 5.74) is 1.91. The number of nitrogens with zero attached hydrogens (tertiary/aromatic N) is 1. The third-order valence-corrected chi connectivity index (χ3v) is 6.44. The predicted octanol–water partition coefficient (Wildman–Crippen LogP) is 5.56. The van der Waals surface area contributed by atoms with Gasteiger partial charge in [-0.1, -0.05) is 66.5 Å². The van der Waals surface area contributed by atoms with Crippen LogP contribution in [0, 0.1) is 0 Å². The molecule has 4 nitrogen and oxygen atoms in total. The molecule has 0 bridgehead atoms. The number of nitrogens with one attached hydrogen (secondary N) is 1. The molecule has 0 saturated carbocycles. The predicted molar refractivity (Wildman–Crippen MR) is 127 cm³/mol. The molecule has 2 aromatic carbocycles. The van der Waals surface area contributed by atoms with Gasteiger partial charge in [-0.15, -0.1) is 11.8 Å². The molecule has 0 aliphatic heterocycles. The van der Waals surface area contributed by atoms with Gasteiger partial charge in [0, 0.05) is 28.4 Å². The van der Waals surface area contributed by atoms with Gasteiger partial charge in [-0.3, -0.25) is 9.59 Å². The summed E-state index contributed by atoms with van der Waals surface area (Å²) in [6.45, 7) is 5.95. The van der Waals surface area contributed by atoms with Crippen molar-refractivity contribution in [1.82, 2.24) is 10.2 Å². The summed E-state index contributed by atoms with van der Waals surface area (Å²) in [6.07, 6.45) is 0.822. The highest BCUT2D eigenvalue weighted by Crippen LogP contribution is 2.24. The first-order valence-corrected chi connectivity index (χ1v) is 11.9. The lowest BCUT2D eigenvalue weighted by atomic mass is 10.1. The summed E-state index contributed by atoms with van der Waals surface area (Å²) in [4.78, 5) is 27.4.